The molecule has 4 rings (SSSR count). The van der Waals surface area contributed by atoms with Gasteiger partial charge < -0.3 is 4.90 Å². The van der Waals surface area contributed by atoms with Crippen LogP contribution in [0, 0.1) is 116 Å². The number of hydrogen-bond acceptors (Lipinski definition) is 0. The number of hydrogen-bond donors (Lipinski definition) is 1. The molecule has 0 fully saturated rings. The van der Waals surface area contributed by atoms with Crippen LogP contribution in [0.1, 0.15) is 27.2 Å². The Balaban J connectivity index is 0.000000846. The van der Waals surface area contributed by atoms with Crippen LogP contribution < -0.4 is 26.8 Å². The van der Waals surface area contributed by atoms with E-state index in [1.807, 2.05) is 0 Å². The summed E-state index contributed by atoms with van der Waals surface area (Å²) < 4.78 is 294. The lowest BCUT2D eigenvalue weighted by Gasteiger charge is -2.44. The number of halogens is 20. The highest BCUT2D eigenvalue weighted by Gasteiger charge is 2.52. The summed E-state index contributed by atoms with van der Waals surface area (Å²) in [5, 5.41) is 0. The number of benzene rings is 4. The summed E-state index contributed by atoms with van der Waals surface area (Å²) in [4.78, 5) is 1.63. The molecular weight excluding hydrogens is 777 g/mol. The van der Waals surface area contributed by atoms with E-state index in [2.05, 4.69) is 27.8 Å². The van der Waals surface area contributed by atoms with E-state index < -0.39 is 144 Å². The Hall–Kier alpha value is -4.50. The first-order valence-electron chi connectivity index (χ1n) is 14.5. The fourth-order valence-corrected chi connectivity index (χ4v) is 5.57. The SMILES string of the molecule is CCC(C)[NH+](C)CC.Fc1c(F)c(F)c([B-](c2c(F)c(F)c(F)c(F)c2F)(c2c(F)c(F)c(F)c(F)c2F)c2c(F)c(F)c(F)c(F)c2F)c(F)c1F. The maximum absolute atomic E-state index is 15.4. The maximum atomic E-state index is 15.4. The van der Waals surface area contributed by atoms with Gasteiger partial charge in [-0.15, -0.1) is 21.9 Å². The third-order valence-corrected chi connectivity index (χ3v) is 8.72. The minimum atomic E-state index is -7.22. The van der Waals surface area contributed by atoms with E-state index in [0.29, 0.717) is 0 Å². The molecule has 0 saturated heterocycles. The third kappa shape index (κ3) is 6.45. The van der Waals surface area contributed by atoms with Crippen LogP contribution in [0.2, 0.25) is 0 Å². The molecule has 0 amide bonds. The van der Waals surface area contributed by atoms with E-state index in [-0.39, 0.29) is 0 Å². The van der Waals surface area contributed by atoms with Crippen LogP contribution in [0.5, 0.6) is 0 Å². The molecule has 0 aromatic heterocycles. The van der Waals surface area contributed by atoms with Crippen molar-refractivity contribution in [3.63, 3.8) is 0 Å². The number of rotatable bonds is 7. The Morgan fingerprint density at radius 2 is 0.491 bits per heavy atom. The van der Waals surface area contributed by atoms with Gasteiger partial charge in [0.25, 0.3) is 0 Å². The molecule has 0 aliphatic carbocycles. The van der Waals surface area contributed by atoms with Crippen molar-refractivity contribution >= 4 is 28.0 Å². The zero-order valence-electron chi connectivity index (χ0n) is 26.6. The Bertz CT molecular complexity index is 1710. The van der Waals surface area contributed by atoms with Crippen LogP contribution in [0.3, 0.4) is 0 Å². The molecule has 0 aliphatic rings. The lowest BCUT2D eigenvalue weighted by molar-refractivity contribution is -0.902. The minimum absolute atomic E-state index is 0.833. The molecule has 4 aromatic carbocycles. The second-order valence-electron chi connectivity index (χ2n) is 11.3. The summed E-state index contributed by atoms with van der Waals surface area (Å²) in [6, 6.07) is 0.833. The van der Waals surface area contributed by atoms with E-state index in [1.165, 1.54) is 13.0 Å². The lowest BCUT2D eigenvalue weighted by Crippen LogP contribution is -3.12. The molecule has 0 spiro atoms. The summed E-state index contributed by atoms with van der Waals surface area (Å²) in [6.45, 7) is 8.00. The van der Waals surface area contributed by atoms with Crippen LogP contribution in [0.4, 0.5) is 87.8 Å². The summed E-state index contributed by atoms with van der Waals surface area (Å²) in [5.74, 6) is -71.4. The Morgan fingerprint density at radius 1 is 0.340 bits per heavy atom. The lowest BCUT2D eigenvalue weighted by atomic mass is 9.12. The molecule has 22 heteroatoms. The molecule has 0 saturated carbocycles. The van der Waals surface area contributed by atoms with Gasteiger partial charge in [-0.25, -0.2) is 87.8 Å². The van der Waals surface area contributed by atoms with Crippen molar-refractivity contribution in [2.75, 3.05) is 13.6 Å². The Labute approximate surface area is 284 Å². The van der Waals surface area contributed by atoms with Gasteiger partial charge in [0, 0.05) is 0 Å². The quantitative estimate of drug-likeness (QED) is 0.0990. The molecule has 4 aromatic rings. The summed E-state index contributed by atoms with van der Waals surface area (Å²) in [5.41, 5.74) is -14.3. The van der Waals surface area contributed by atoms with Crippen molar-refractivity contribution in [1.82, 2.24) is 0 Å². The molecular formula is C31H18BF20N. The summed E-state index contributed by atoms with van der Waals surface area (Å²) in [6.07, 6.45) is -5.93. The van der Waals surface area contributed by atoms with Crippen molar-refractivity contribution < 1.29 is 92.7 Å². The highest BCUT2D eigenvalue weighted by molar-refractivity contribution is 7.20. The van der Waals surface area contributed by atoms with E-state index in [4.69, 9.17) is 0 Å². The number of quaternary nitrogens is 1. The predicted octanol–water partition coefficient (Wildman–Crippen LogP) is 6.17. The van der Waals surface area contributed by atoms with E-state index in [9.17, 15) is 52.7 Å². The Morgan fingerprint density at radius 3 is 0.604 bits per heavy atom. The van der Waals surface area contributed by atoms with Gasteiger partial charge in [0.2, 0.25) is 0 Å². The zero-order chi connectivity index (χ0) is 40.9. The topological polar surface area (TPSA) is 4.44 Å². The molecule has 53 heavy (non-hydrogen) atoms. The van der Waals surface area contributed by atoms with E-state index >= 15 is 35.1 Å². The number of nitrogens with one attached hydrogen (secondary N) is 1. The average molecular weight is 795 g/mol. The van der Waals surface area contributed by atoms with Crippen molar-refractivity contribution in [2.45, 2.75) is 33.2 Å². The third-order valence-electron chi connectivity index (χ3n) is 8.72. The van der Waals surface area contributed by atoms with E-state index in [0.717, 1.165) is 6.04 Å². The van der Waals surface area contributed by atoms with Crippen LogP contribution >= 0.6 is 0 Å². The van der Waals surface area contributed by atoms with Gasteiger partial charge in [-0.2, -0.15) is 0 Å². The van der Waals surface area contributed by atoms with Crippen molar-refractivity contribution in [1.29, 1.82) is 0 Å². The first-order valence-corrected chi connectivity index (χ1v) is 14.5. The first-order chi connectivity index (χ1) is 24.4. The average Bonchev–Trinajstić information content (AvgIpc) is 3.14. The largest absolute Gasteiger partial charge is 0.335 e. The maximum Gasteiger partial charge on any atom is 0.200 e. The van der Waals surface area contributed by atoms with Gasteiger partial charge >= 0.3 is 0 Å². The van der Waals surface area contributed by atoms with Gasteiger partial charge in [0.15, 0.2) is 69.8 Å². The smallest absolute Gasteiger partial charge is 0.200 e. The summed E-state index contributed by atoms with van der Waals surface area (Å²) >= 11 is 0. The van der Waals surface area contributed by atoms with E-state index in [1.54, 1.807) is 4.90 Å². The van der Waals surface area contributed by atoms with Gasteiger partial charge in [0.05, 0.1) is 19.6 Å². The zero-order valence-corrected chi connectivity index (χ0v) is 26.6. The second kappa shape index (κ2) is 15.5. The normalized spacial score (nSPS) is 12.9. The fraction of sp³-hybridized carbons (Fsp3) is 0.226. The van der Waals surface area contributed by atoms with Gasteiger partial charge in [-0.05, 0) is 20.3 Å². The van der Waals surface area contributed by atoms with Crippen molar-refractivity contribution in [3.8, 4) is 0 Å². The van der Waals surface area contributed by atoms with Crippen molar-refractivity contribution in [2.24, 2.45) is 0 Å². The molecule has 2 unspecified atom stereocenters. The molecule has 290 valence electrons. The standard InChI is InChI=1S/C24BF20.C7H17N/c26-5-1(6(27)14(35)21(42)13(5)34)25(2-7(28)15(36)22(43)16(37)8(2)29,3-9(30)17(38)23(44)18(39)10(3)31)4-11(32)19(40)24(45)20(41)12(4)33;1-5-7(3)8(4)6-2/h;7H,5-6H2,1-4H3/q-1;/p+1. The highest BCUT2D eigenvalue weighted by Crippen LogP contribution is 2.30. The molecule has 1 N–H and O–H groups in total. The van der Waals surface area contributed by atoms with Crippen molar-refractivity contribution in [3.05, 3.63) is 116 Å². The monoisotopic (exact) mass is 795 g/mol. The molecule has 2 atom stereocenters. The minimum Gasteiger partial charge on any atom is -0.335 e. The first kappa shape index (κ1) is 42.9. The summed E-state index contributed by atoms with van der Waals surface area (Å²) in [7, 11) is 2.24. The fourth-order valence-electron chi connectivity index (χ4n) is 5.57. The van der Waals surface area contributed by atoms with Gasteiger partial charge in [0.1, 0.15) is 52.7 Å². The highest BCUT2D eigenvalue weighted by atomic mass is 19.2. The molecule has 0 radical (unpaired) electrons. The Kier molecular flexibility index (Phi) is 12.5. The predicted molar refractivity (Wildman–Crippen MR) is 146 cm³/mol. The van der Waals surface area contributed by atoms with Crippen LogP contribution in [-0.2, 0) is 0 Å². The molecule has 0 aliphatic heterocycles. The van der Waals surface area contributed by atoms with Crippen LogP contribution in [0.15, 0.2) is 0 Å². The molecule has 0 bridgehead atoms. The van der Waals surface area contributed by atoms with Gasteiger partial charge in [-0.1, -0.05) is 6.92 Å². The molecule has 1 nitrogen and oxygen atoms in total. The van der Waals surface area contributed by atoms with Crippen LogP contribution in [0.25, 0.3) is 0 Å². The second-order valence-corrected chi connectivity index (χ2v) is 11.3. The van der Waals surface area contributed by atoms with Crippen LogP contribution in [-0.4, -0.2) is 25.8 Å². The molecule has 0 heterocycles. The van der Waals surface area contributed by atoms with Gasteiger partial charge in [-0.3, -0.25) is 0 Å².